The monoisotopic (exact) mass is 239 g/mol. The van der Waals surface area contributed by atoms with Gasteiger partial charge in [0.05, 0.1) is 0 Å². The van der Waals surface area contributed by atoms with Crippen LogP contribution >= 0.6 is 0 Å². The second-order valence-corrected chi connectivity index (χ2v) is 6.35. The molecule has 0 aliphatic heterocycles. The van der Waals surface area contributed by atoms with Crippen LogP contribution in [0.3, 0.4) is 0 Å². The molecule has 2 atom stereocenters. The summed E-state index contributed by atoms with van der Waals surface area (Å²) in [4.78, 5) is 5.09. The minimum atomic E-state index is 0.481. The summed E-state index contributed by atoms with van der Waals surface area (Å²) in [6.45, 7) is 2.44. The summed E-state index contributed by atoms with van der Waals surface area (Å²) in [6.07, 6.45) is 6.98. The zero-order chi connectivity index (χ0) is 12.5. The third-order valence-corrected chi connectivity index (χ3v) is 5.19. The highest BCUT2D eigenvalue weighted by atomic mass is 15.2. The van der Waals surface area contributed by atoms with Gasteiger partial charge in [0.15, 0.2) is 0 Å². The molecule has 0 aromatic carbocycles. The van der Waals surface area contributed by atoms with Crippen LogP contribution in [-0.2, 0) is 0 Å². The Balaban J connectivity index is 1.86. The first-order chi connectivity index (χ1) is 8.09. The molecule has 0 radical (unpaired) electrons. The van der Waals surface area contributed by atoms with E-state index in [1.807, 2.05) is 0 Å². The third kappa shape index (κ3) is 2.51. The van der Waals surface area contributed by atoms with Crippen molar-refractivity contribution < 1.29 is 0 Å². The van der Waals surface area contributed by atoms with Gasteiger partial charge in [0.2, 0.25) is 0 Å². The molecular formula is C14H29N3. The molecule has 2 rings (SSSR count). The molecule has 2 aliphatic rings. The summed E-state index contributed by atoms with van der Waals surface area (Å²) in [7, 11) is 8.90. The van der Waals surface area contributed by atoms with E-state index in [4.69, 9.17) is 0 Å². The van der Waals surface area contributed by atoms with Crippen LogP contribution in [0.4, 0.5) is 0 Å². The van der Waals surface area contributed by atoms with E-state index in [9.17, 15) is 0 Å². The number of rotatable bonds is 6. The van der Waals surface area contributed by atoms with Crippen LogP contribution in [0, 0.1) is 5.92 Å². The van der Waals surface area contributed by atoms with Crippen LogP contribution in [0.2, 0.25) is 0 Å². The molecule has 2 aliphatic carbocycles. The van der Waals surface area contributed by atoms with Gasteiger partial charge in [0, 0.05) is 18.1 Å². The maximum Gasteiger partial charge on any atom is 0.0330 e. The van der Waals surface area contributed by atoms with Crippen molar-refractivity contribution in [3.8, 4) is 0 Å². The molecule has 3 heteroatoms. The lowest BCUT2D eigenvalue weighted by Gasteiger charge is -2.53. The standard InChI is InChI=1S/C14H29N3/c1-15-10-12-6-7-13(12)17(4)11-14(16(2)3)8-5-9-14/h12-13,15H,5-11H2,1-4H3. The summed E-state index contributed by atoms with van der Waals surface area (Å²) in [5.41, 5.74) is 0.481. The molecule has 3 nitrogen and oxygen atoms in total. The SMILES string of the molecule is CNCC1CCC1N(C)CC1(N(C)C)CCC1. The maximum atomic E-state index is 3.33. The van der Waals surface area contributed by atoms with Crippen LogP contribution in [0.5, 0.6) is 0 Å². The van der Waals surface area contributed by atoms with E-state index in [0.717, 1.165) is 12.0 Å². The van der Waals surface area contributed by atoms with Gasteiger partial charge in [-0.3, -0.25) is 0 Å². The maximum absolute atomic E-state index is 3.33. The normalized spacial score (nSPS) is 31.4. The third-order valence-electron chi connectivity index (χ3n) is 5.19. The minimum Gasteiger partial charge on any atom is -0.319 e. The molecule has 0 spiro atoms. The Morgan fingerprint density at radius 2 is 1.88 bits per heavy atom. The van der Waals surface area contributed by atoms with Crippen molar-refractivity contribution in [3.63, 3.8) is 0 Å². The lowest BCUT2D eigenvalue weighted by molar-refractivity contribution is -0.0123. The van der Waals surface area contributed by atoms with Gasteiger partial charge in [-0.25, -0.2) is 0 Å². The fourth-order valence-electron chi connectivity index (χ4n) is 3.55. The van der Waals surface area contributed by atoms with Crippen molar-refractivity contribution in [1.29, 1.82) is 0 Å². The van der Waals surface area contributed by atoms with Crippen LogP contribution in [-0.4, -0.2) is 62.7 Å². The summed E-state index contributed by atoms with van der Waals surface area (Å²) < 4.78 is 0. The molecule has 0 heterocycles. The number of nitrogens with zero attached hydrogens (tertiary/aromatic N) is 2. The number of hydrogen-bond acceptors (Lipinski definition) is 3. The van der Waals surface area contributed by atoms with Gasteiger partial charge in [0.25, 0.3) is 0 Å². The molecule has 0 aromatic heterocycles. The molecular weight excluding hydrogens is 210 g/mol. The Bertz CT molecular complexity index is 248. The van der Waals surface area contributed by atoms with Gasteiger partial charge in [0.1, 0.15) is 0 Å². The fourth-order valence-corrected chi connectivity index (χ4v) is 3.55. The van der Waals surface area contributed by atoms with Crippen LogP contribution < -0.4 is 5.32 Å². The van der Waals surface area contributed by atoms with Crippen molar-refractivity contribution in [2.75, 3.05) is 41.3 Å². The van der Waals surface area contributed by atoms with Gasteiger partial charge in [-0.1, -0.05) is 0 Å². The van der Waals surface area contributed by atoms with Gasteiger partial charge in [-0.2, -0.15) is 0 Å². The van der Waals surface area contributed by atoms with Gasteiger partial charge in [-0.15, -0.1) is 0 Å². The minimum absolute atomic E-state index is 0.481. The first-order valence-electron chi connectivity index (χ1n) is 7.11. The van der Waals surface area contributed by atoms with E-state index in [-0.39, 0.29) is 0 Å². The van der Waals surface area contributed by atoms with E-state index < -0.39 is 0 Å². The molecule has 17 heavy (non-hydrogen) atoms. The van der Waals surface area contributed by atoms with Crippen molar-refractivity contribution in [2.45, 2.75) is 43.7 Å². The Morgan fingerprint density at radius 3 is 2.24 bits per heavy atom. The Hall–Kier alpha value is -0.120. The second-order valence-electron chi connectivity index (χ2n) is 6.35. The molecule has 2 fully saturated rings. The number of hydrogen-bond donors (Lipinski definition) is 1. The fraction of sp³-hybridized carbons (Fsp3) is 1.00. The molecule has 100 valence electrons. The van der Waals surface area contributed by atoms with Crippen LogP contribution in [0.15, 0.2) is 0 Å². The average molecular weight is 239 g/mol. The van der Waals surface area contributed by atoms with Crippen molar-refractivity contribution in [2.24, 2.45) is 5.92 Å². The number of nitrogens with one attached hydrogen (secondary N) is 1. The first-order valence-corrected chi connectivity index (χ1v) is 7.11. The molecule has 1 N–H and O–H groups in total. The smallest absolute Gasteiger partial charge is 0.0330 e. The summed E-state index contributed by atoms with van der Waals surface area (Å²) >= 11 is 0. The molecule has 0 aromatic rings. The molecule has 0 bridgehead atoms. The second kappa shape index (κ2) is 5.25. The van der Waals surface area contributed by atoms with E-state index in [0.29, 0.717) is 5.54 Å². The summed E-state index contributed by atoms with van der Waals surface area (Å²) in [6, 6.07) is 0.819. The van der Waals surface area contributed by atoms with Gasteiger partial charge >= 0.3 is 0 Å². The highest BCUT2D eigenvalue weighted by Gasteiger charge is 2.43. The molecule has 0 saturated heterocycles. The highest BCUT2D eigenvalue weighted by Crippen LogP contribution is 2.39. The Kier molecular flexibility index (Phi) is 4.11. The van der Waals surface area contributed by atoms with Crippen LogP contribution in [0.25, 0.3) is 0 Å². The highest BCUT2D eigenvalue weighted by molar-refractivity contribution is 5.00. The Labute approximate surface area is 107 Å². The van der Waals surface area contributed by atoms with E-state index >= 15 is 0 Å². The predicted octanol–water partition coefficient (Wildman–Crippen LogP) is 1.40. The van der Waals surface area contributed by atoms with Crippen LogP contribution in [0.1, 0.15) is 32.1 Å². The van der Waals surface area contributed by atoms with E-state index in [1.54, 1.807) is 0 Å². The van der Waals surface area contributed by atoms with Crippen molar-refractivity contribution in [3.05, 3.63) is 0 Å². The van der Waals surface area contributed by atoms with Gasteiger partial charge in [-0.05, 0) is 72.8 Å². The van der Waals surface area contributed by atoms with Gasteiger partial charge < -0.3 is 15.1 Å². The topological polar surface area (TPSA) is 18.5 Å². The van der Waals surface area contributed by atoms with E-state index in [2.05, 4.69) is 43.3 Å². The predicted molar refractivity (Wildman–Crippen MR) is 73.3 cm³/mol. The van der Waals surface area contributed by atoms with Crippen molar-refractivity contribution >= 4 is 0 Å². The summed E-state index contributed by atoms with van der Waals surface area (Å²) in [5, 5.41) is 3.33. The molecule has 2 saturated carbocycles. The average Bonchev–Trinajstić information content (AvgIpc) is 2.17. The lowest BCUT2D eigenvalue weighted by atomic mass is 9.73. The molecule has 2 unspecified atom stereocenters. The summed E-state index contributed by atoms with van der Waals surface area (Å²) in [5.74, 6) is 0.879. The quantitative estimate of drug-likeness (QED) is 0.756. The van der Waals surface area contributed by atoms with E-state index in [1.165, 1.54) is 45.2 Å². The largest absolute Gasteiger partial charge is 0.319 e. The first kappa shape index (κ1) is 13.3. The lowest BCUT2D eigenvalue weighted by Crippen LogP contribution is -2.60. The number of likely N-dealkylation sites (N-methyl/N-ethyl adjacent to an activating group) is 2. The Morgan fingerprint density at radius 1 is 1.18 bits per heavy atom. The zero-order valence-corrected chi connectivity index (χ0v) is 12.0. The molecule has 0 amide bonds. The van der Waals surface area contributed by atoms with Crippen molar-refractivity contribution in [1.82, 2.24) is 15.1 Å². The zero-order valence-electron chi connectivity index (χ0n) is 12.0.